The second kappa shape index (κ2) is 5.19. The molecule has 0 bridgehead atoms. The lowest BCUT2D eigenvalue weighted by atomic mass is 10.0. The summed E-state index contributed by atoms with van der Waals surface area (Å²) in [6, 6.07) is 0. The molecule has 102 valence electrons. The average Bonchev–Trinajstić information content (AvgIpc) is 2.88. The molecule has 0 radical (unpaired) electrons. The molecule has 7 heteroatoms. The molecular weight excluding hydrogens is 274 g/mol. The Morgan fingerprint density at radius 2 is 2.00 bits per heavy atom. The number of nitrogens with zero attached hydrogens (tertiary/aromatic N) is 3. The minimum atomic E-state index is -3.40. The van der Waals surface area contributed by atoms with Crippen LogP contribution in [0.3, 0.4) is 0 Å². The minimum absolute atomic E-state index is 0.258. The molecule has 0 amide bonds. The average molecular weight is 292 g/mol. The maximum absolute atomic E-state index is 12.4. The van der Waals surface area contributed by atoms with Gasteiger partial charge in [0.15, 0.2) is 0 Å². The molecule has 1 aromatic heterocycles. The summed E-state index contributed by atoms with van der Waals surface area (Å²) in [5, 5.41) is 4.01. The highest BCUT2D eigenvalue weighted by atomic mass is 35.5. The lowest BCUT2D eigenvalue weighted by molar-refractivity contribution is 0.463. The number of halogens is 1. The molecule has 2 unspecified atom stereocenters. The highest BCUT2D eigenvalue weighted by Crippen LogP contribution is 2.27. The maximum atomic E-state index is 12.4. The van der Waals surface area contributed by atoms with Crippen molar-refractivity contribution in [1.82, 2.24) is 14.1 Å². The molecule has 2 atom stereocenters. The fourth-order valence-corrected chi connectivity index (χ4v) is 3.88. The SMILES string of the molecule is CC1CN(S(=O)(=O)c2cnn(CCCl)c2)CC1C. The zero-order chi connectivity index (χ0) is 13.3. The first-order valence-corrected chi connectivity index (χ1v) is 8.01. The third-order valence-corrected chi connectivity index (χ3v) is 5.47. The van der Waals surface area contributed by atoms with Gasteiger partial charge >= 0.3 is 0 Å². The predicted octanol–water partition coefficient (Wildman–Crippen LogP) is 1.40. The third-order valence-electron chi connectivity index (χ3n) is 3.52. The van der Waals surface area contributed by atoms with Crippen molar-refractivity contribution >= 4 is 21.6 Å². The summed E-state index contributed by atoms with van der Waals surface area (Å²) in [6.45, 7) is 5.85. The fraction of sp³-hybridized carbons (Fsp3) is 0.727. The van der Waals surface area contributed by atoms with Gasteiger partial charge in [-0.15, -0.1) is 11.6 Å². The topological polar surface area (TPSA) is 55.2 Å². The molecule has 0 aromatic carbocycles. The van der Waals surface area contributed by atoms with E-state index in [1.165, 1.54) is 6.20 Å². The van der Waals surface area contributed by atoms with E-state index in [1.54, 1.807) is 15.2 Å². The van der Waals surface area contributed by atoms with Crippen molar-refractivity contribution in [2.45, 2.75) is 25.3 Å². The number of hydrogen-bond acceptors (Lipinski definition) is 3. The maximum Gasteiger partial charge on any atom is 0.246 e. The van der Waals surface area contributed by atoms with Crippen molar-refractivity contribution < 1.29 is 8.42 Å². The molecule has 1 saturated heterocycles. The lowest BCUT2D eigenvalue weighted by Gasteiger charge is -2.14. The van der Waals surface area contributed by atoms with E-state index < -0.39 is 10.0 Å². The van der Waals surface area contributed by atoms with Gasteiger partial charge in [0.05, 0.1) is 12.7 Å². The van der Waals surface area contributed by atoms with Crippen molar-refractivity contribution in [3.8, 4) is 0 Å². The molecule has 1 aliphatic heterocycles. The normalized spacial score (nSPS) is 25.7. The Hall–Kier alpha value is -0.590. The van der Waals surface area contributed by atoms with Gasteiger partial charge in [0.1, 0.15) is 4.90 Å². The molecule has 1 aliphatic rings. The first kappa shape index (κ1) is 13.8. The molecule has 0 saturated carbocycles. The minimum Gasteiger partial charge on any atom is -0.270 e. The largest absolute Gasteiger partial charge is 0.270 e. The van der Waals surface area contributed by atoms with Gasteiger partial charge in [-0.3, -0.25) is 4.68 Å². The first-order valence-electron chi connectivity index (χ1n) is 6.03. The number of rotatable bonds is 4. The Morgan fingerprint density at radius 1 is 1.39 bits per heavy atom. The van der Waals surface area contributed by atoms with Crippen molar-refractivity contribution in [2.24, 2.45) is 11.8 Å². The van der Waals surface area contributed by atoms with Crippen LogP contribution in [0.5, 0.6) is 0 Å². The Kier molecular flexibility index (Phi) is 3.99. The van der Waals surface area contributed by atoms with Crippen LogP contribution in [-0.2, 0) is 16.6 Å². The number of aryl methyl sites for hydroxylation is 1. The van der Waals surface area contributed by atoms with Crippen molar-refractivity contribution in [1.29, 1.82) is 0 Å². The summed E-state index contributed by atoms with van der Waals surface area (Å²) < 4.78 is 27.9. The van der Waals surface area contributed by atoms with E-state index in [-0.39, 0.29) is 4.90 Å². The van der Waals surface area contributed by atoms with Crippen LogP contribution in [0.25, 0.3) is 0 Å². The molecule has 18 heavy (non-hydrogen) atoms. The predicted molar refractivity (Wildman–Crippen MR) is 70.0 cm³/mol. The van der Waals surface area contributed by atoms with Gasteiger partial charge in [0, 0.05) is 25.2 Å². The second-order valence-corrected chi connectivity index (χ2v) is 7.22. The highest BCUT2D eigenvalue weighted by molar-refractivity contribution is 7.89. The zero-order valence-corrected chi connectivity index (χ0v) is 12.2. The van der Waals surface area contributed by atoms with Gasteiger partial charge in [-0.2, -0.15) is 9.40 Å². The van der Waals surface area contributed by atoms with Crippen molar-refractivity contribution in [2.75, 3.05) is 19.0 Å². The van der Waals surface area contributed by atoms with E-state index in [0.717, 1.165) is 0 Å². The lowest BCUT2D eigenvalue weighted by Crippen LogP contribution is -2.28. The van der Waals surface area contributed by atoms with Gasteiger partial charge in [-0.25, -0.2) is 8.42 Å². The van der Waals surface area contributed by atoms with E-state index in [4.69, 9.17) is 11.6 Å². The van der Waals surface area contributed by atoms with Crippen molar-refractivity contribution in [3.05, 3.63) is 12.4 Å². The van der Waals surface area contributed by atoms with Crippen LogP contribution in [0.15, 0.2) is 17.3 Å². The zero-order valence-electron chi connectivity index (χ0n) is 10.6. The van der Waals surface area contributed by atoms with Gasteiger partial charge < -0.3 is 0 Å². The standard InChI is InChI=1S/C11H18ClN3O2S/c1-9-6-15(7-10(9)2)18(16,17)11-5-13-14(8-11)4-3-12/h5,8-10H,3-4,6-7H2,1-2H3. The summed E-state index contributed by atoms with van der Waals surface area (Å²) in [5.74, 6) is 1.22. The van der Waals surface area contributed by atoms with Gasteiger partial charge in [0.2, 0.25) is 10.0 Å². The van der Waals surface area contributed by atoms with Crippen LogP contribution in [-0.4, -0.2) is 41.5 Å². The van der Waals surface area contributed by atoms with E-state index in [0.29, 0.717) is 37.4 Å². The molecule has 0 N–H and O–H groups in total. The monoisotopic (exact) mass is 291 g/mol. The third kappa shape index (κ3) is 2.55. The smallest absolute Gasteiger partial charge is 0.246 e. The summed E-state index contributed by atoms with van der Waals surface area (Å²) in [5.41, 5.74) is 0. The Bertz CT molecular complexity index is 504. The van der Waals surface area contributed by atoms with E-state index in [2.05, 4.69) is 18.9 Å². The van der Waals surface area contributed by atoms with Gasteiger partial charge in [-0.1, -0.05) is 13.8 Å². The number of sulfonamides is 1. The van der Waals surface area contributed by atoms with Gasteiger partial charge in [0.25, 0.3) is 0 Å². The molecule has 1 fully saturated rings. The van der Waals surface area contributed by atoms with Crippen LogP contribution >= 0.6 is 11.6 Å². The van der Waals surface area contributed by atoms with Crippen LogP contribution in [0.2, 0.25) is 0 Å². The molecule has 2 heterocycles. The summed E-state index contributed by atoms with van der Waals surface area (Å²) >= 11 is 5.60. The summed E-state index contributed by atoms with van der Waals surface area (Å²) in [6.07, 6.45) is 2.95. The Labute approximate surface area is 113 Å². The molecule has 0 aliphatic carbocycles. The molecule has 0 spiro atoms. The number of hydrogen-bond donors (Lipinski definition) is 0. The fourth-order valence-electron chi connectivity index (χ4n) is 2.11. The van der Waals surface area contributed by atoms with Crippen molar-refractivity contribution in [3.63, 3.8) is 0 Å². The van der Waals surface area contributed by atoms with Gasteiger partial charge in [-0.05, 0) is 11.8 Å². The van der Waals surface area contributed by atoms with Crippen LogP contribution in [0.4, 0.5) is 0 Å². The Morgan fingerprint density at radius 3 is 2.56 bits per heavy atom. The summed E-state index contributed by atoms with van der Waals surface area (Å²) in [7, 11) is -3.40. The molecule has 2 rings (SSSR count). The summed E-state index contributed by atoms with van der Waals surface area (Å²) in [4.78, 5) is 0.258. The van der Waals surface area contributed by atoms with E-state index >= 15 is 0 Å². The van der Waals surface area contributed by atoms with Crippen LogP contribution < -0.4 is 0 Å². The van der Waals surface area contributed by atoms with E-state index in [9.17, 15) is 8.42 Å². The van der Waals surface area contributed by atoms with Crippen LogP contribution in [0, 0.1) is 11.8 Å². The highest BCUT2D eigenvalue weighted by Gasteiger charge is 2.35. The van der Waals surface area contributed by atoms with E-state index in [1.807, 2.05) is 0 Å². The Balaban J connectivity index is 2.20. The number of aromatic nitrogens is 2. The quantitative estimate of drug-likeness (QED) is 0.788. The molecular formula is C11H18ClN3O2S. The van der Waals surface area contributed by atoms with Crippen LogP contribution in [0.1, 0.15) is 13.8 Å². The second-order valence-electron chi connectivity index (χ2n) is 4.90. The molecule has 1 aromatic rings. The molecule has 5 nitrogen and oxygen atoms in total. The number of alkyl halides is 1. The first-order chi connectivity index (χ1) is 8.45.